The zero-order valence-electron chi connectivity index (χ0n) is 26.5. The number of aryl methyl sites for hydroxylation is 1. The molecule has 0 radical (unpaired) electrons. The smallest absolute Gasteiger partial charge is 0.330 e. The number of methoxy groups -OCH3 is 1. The number of nitrogens with one attached hydrogen (secondary N) is 3. The van der Waals surface area contributed by atoms with Gasteiger partial charge in [-0.3, -0.25) is 23.7 Å². The van der Waals surface area contributed by atoms with E-state index in [9.17, 15) is 23.2 Å². The second-order valence-electron chi connectivity index (χ2n) is 11.4. The van der Waals surface area contributed by atoms with Crippen LogP contribution in [0.5, 0.6) is 5.88 Å². The Morgan fingerprint density at radius 3 is 2.43 bits per heavy atom. The molecule has 49 heavy (non-hydrogen) atoms. The molecule has 0 unspecified atom stereocenters. The van der Waals surface area contributed by atoms with Crippen molar-refractivity contribution in [3.63, 3.8) is 0 Å². The number of benzene rings is 2. The minimum Gasteiger partial charge on any atom is -0.480 e. The minimum atomic E-state index is -2.97. The number of halogens is 4. The summed E-state index contributed by atoms with van der Waals surface area (Å²) < 4.78 is 35.3. The molecule has 0 bridgehead atoms. The average Bonchev–Trinajstić information content (AvgIpc) is 3.51. The largest absolute Gasteiger partial charge is 0.480 e. The van der Waals surface area contributed by atoms with Crippen molar-refractivity contribution in [3.8, 4) is 28.3 Å². The van der Waals surface area contributed by atoms with Gasteiger partial charge in [-0.1, -0.05) is 53.5 Å². The Labute approximate surface area is 288 Å². The zero-order chi connectivity index (χ0) is 35.0. The molecule has 1 atom stereocenters. The van der Waals surface area contributed by atoms with Crippen LogP contribution in [0.25, 0.3) is 33.3 Å². The third kappa shape index (κ3) is 6.58. The number of carbonyl (C=O) groups is 1. The lowest BCUT2D eigenvalue weighted by molar-refractivity contribution is -0.119. The van der Waals surface area contributed by atoms with Gasteiger partial charge in [0.25, 0.3) is 12.0 Å². The van der Waals surface area contributed by atoms with Gasteiger partial charge in [-0.05, 0) is 18.6 Å². The Bertz CT molecular complexity index is 2230. The molecule has 1 aliphatic rings. The maximum atomic E-state index is 13.9. The number of hydrogen-bond acceptors (Lipinski definition) is 9. The predicted octanol–water partition coefficient (Wildman–Crippen LogP) is 5.12. The van der Waals surface area contributed by atoms with Gasteiger partial charge in [-0.25, -0.2) is 23.5 Å². The summed E-state index contributed by atoms with van der Waals surface area (Å²) in [7, 11) is 4.17. The lowest BCUT2D eigenvalue weighted by atomic mass is 10.0. The highest BCUT2D eigenvalue weighted by Gasteiger charge is 2.23. The molecule has 254 valence electrons. The van der Waals surface area contributed by atoms with Crippen LogP contribution in [-0.2, 0) is 25.4 Å². The average molecular weight is 712 g/mol. The topological polar surface area (TPSA) is 145 Å². The van der Waals surface area contributed by atoms with Gasteiger partial charge in [0.1, 0.15) is 22.6 Å². The third-order valence-corrected chi connectivity index (χ3v) is 9.10. The van der Waals surface area contributed by atoms with Gasteiger partial charge in [-0.2, -0.15) is 0 Å². The first-order chi connectivity index (χ1) is 23.5. The van der Waals surface area contributed by atoms with Crippen LogP contribution in [0, 0.1) is 0 Å². The van der Waals surface area contributed by atoms with Gasteiger partial charge in [0.15, 0.2) is 0 Å². The van der Waals surface area contributed by atoms with Gasteiger partial charge < -0.3 is 20.7 Å². The molecule has 1 fully saturated rings. The highest BCUT2D eigenvalue weighted by Crippen LogP contribution is 2.42. The lowest BCUT2D eigenvalue weighted by Crippen LogP contribution is -2.37. The summed E-state index contributed by atoms with van der Waals surface area (Å²) in [5.74, 6) is 0.164. The van der Waals surface area contributed by atoms with E-state index in [4.69, 9.17) is 27.9 Å². The number of hydrogen-bond donors (Lipinski definition) is 3. The molecule has 3 aromatic heterocycles. The van der Waals surface area contributed by atoms with Gasteiger partial charge in [-0.15, -0.1) is 0 Å². The van der Waals surface area contributed by atoms with Crippen molar-refractivity contribution in [2.24, 2.45) is 14.1 Å². The molecule has 6 rings (SSSR count). The number of carbonyl (C=O) groups excluding carboxylic acids is 1. The Balaban J connectivity index is 1.33. The molecule has 1 aliphatic heterocycles. The van der Waals surface area contributed by atoms with Crippen LogP contribution < -0.4 is 31.9 Å². The van der Waals surface area contributed by atoms with Crippen LogP contribution in [0.4, 0.5) is 20.3 Å². The van der Waals surface area contributed by atoms with Crippen LogP contribution in [0.2, 0.25) is 10.0 Å². The zero-order valence-corrected chi connectivity index (χ0v) is 28.0. The van der Waals surface area contributed by atoms with E-state index in [0.29, 0.717) is 58.5 Å². The minimum absolute atomic E-state index is 0.00966. The van der Waals surface area contributed by atoms with Crippen molar-refractivity contribution in [1.82, 2.24) is 34.7 Å². The molecule has 1 amide bonds. The Kier molecular flexibility index (Phi) is 9.63. The highest BCUT2D eigenvalue weighted by molar-refractivity contribution is 6.39. The SMILES string of the molecule is COc1nc(-c2cccc(-c3cccc(Nc4nc(C(F)F)cc5c4c(=O)n(C)c(=O)n5C)c3Cl)c2Cl)cnc1CNC[C@H]1CCC(=O)N1. The molecule has 0 spiro atoms. The molecule has 0 aliphatic carbocycles. The van der Waals surface area contributed by atoms with E-state index in [-0.39, 0.29) is 39.4 Å². The molecule has 5 aromatic rings. The summed E-state index contributed by atoms with van der Waals surface area (Å²) >= 11 is 13.9. The monoisotopic (exact) mass is 710 g/mol. The van der Waals surface area contributed by atoms with Crippen LogP contribution >= 0.6 is 23.2 Å². The summed E-state index contributed by atoms with van der Waals surface area (Å²) in [6.45, 7) is 0.958. The summed E-state index contributed by atoms with van der Waals surface area (Å²) in [5, 5.41) is 9.56. The summed E-state index contributed by atoms with van der Waals surface area (Å²) in [5.41, 5.74) is 0.848. The Morgan fingerprint density at radius 2 is 1.73 bits per heavy atom. The number of pyridine rings is 1. The van der Waals surface area contributed by atoms with Crippen LogP contribution in [0.15, 0.2) is 58.3 Å². The van der Waals surface area contributed by atoms with Crippen molar-refractivity contribution in [2.75, 3.05) is 19.0 Å². The fourth-order valence-corrected chi connectivity index (χ4v) is 6.32. The number of fused-ring (bicyclic) bond motifs is 1. The van der Waals surface area contributed by atoms with E-state index in [0.717, 1.165) is 21.6 Å². The summed E-state index contributed by atoms with van der Waals surface area (Å²) in [4.78, 5) is 50.4. The summed E-state index contributed by atoms with van der Waals surface area (Å²) in [6, 6.07) is 11.4. The summed E-state index contributed by atoms with van der Waals surface area (Å²) in [6.07, 6.45) is -0.0974. The maximum Gasteiger partial charge on any atom is 0.330 e. The highest BCUT2D eigenvalue weighted by atomic mass is 35.5. The molecule has 0 saturated carbocycles. The van der Waals surface area contributed by atoms with Crippen LogP contribution in [0.3, 0.4) is 0 Å². The van der Waals surface area contributed by atoms with Gasteiger partial charge in [0.2, 0.25) is 11.8 Å². The van der Waals surface area contributed by atoms with E-state index >= 15 is 0 Å². The molecule has 12 nitrogen and oxygen atoms in total. The van der Waals surface area contributed by atoms with Crippen molar-refractivity contribution in [3.05, 3.63) is 90.9 Å². The molecule has 16 heteroatoms. The quantitative estimate of drug-likeness (QED) is 0.180. The fraction of sp³-hybridized carbons (Fsp3) is 0.273. The van der Waals surface area contributed by atoms with Crippen LogP contribution in [-0.4, -0.2) is 49.7 Å². The number of aromatic nitrogens is 5. The number of rotatable bonds is 10. The number of nitrogens with zero attached hydrogens (tertiary/aromatic N) is 5. The number of anilines is 2. The second kappa shape index (κ2) is 13.9. The predicted molar refractivity (Wildman–Crippen MR) is 183 cm³/mol. The Morgan fingerprint density at radius 1 is 1.02 bits per heavy atom. The normalized spacial score (nSPS) is 14.4. The van der Waals surface area contributed by atoms with Crippen molar-refractivity contribution >= 4 is 51.5 Å². The molecule has 2 aromatic carbocycles. The van der Waals surface area contributed by atoms with Crippen molar-refractivity contribution in [1.29, 1.82) is 0 Å². The molecule has 1 saturated heterocycles. The van der Waals surface area contributed by atoms with Gasteiger partial charge in [0, 0.05) is 56.3 Å². The second-order valence-corrected chi connectivity index (χ2v) is 12.2. The molecular formula is C33H30Cl2F2N8O4. The standard InChI is InChI=1S/C33H30Cl2F2N8O4/c1-44-24-12-21(29(36)37)42-30(26(24)32(47)45(2)33(44)48)41-20-9-5-7-18(28(20)35)17-6-4-8-19(27(17)34)22-15-39-23(31(43-22)49-3)14-38-13-16-10-11-25(46)40-16/h4-9,12,15-16,29,38H,10-11,13-14H2,1-3H3,(H,40,46)(H,41,42)/t16-/m1/s1. The van der Waals surface area contributed by atoms with Gasteiger partial charge >= 0.3 is 5.69 Å². The number of ether oxygens (including phenoxy) is 1. The van der Waals surface area contributed by atoms with E-state index in [1.807, 2.05) is 0 Å². The maximum absolute atomic E-state index is 13.9. The molecule has 4 heterocycles. The van der Waals surface area contributed by atoms with E-state index in [1.165, 1.54) is 21.2 Å². The molecule has 3 N–H and O–H groups in total. The lowest BCUT2D eigenvalue weighted by Gasteiger charge is -2.17. The Hall–Kier alpha value is -4.92. The molecular weight excluding hydrogens is 681 g/mol. The van der Waals surface area contributed by atoms with Crippen LogP contribution in [0.1, 0.15) is 30.7 Å². The van der Waals surface area contributed by atoms with Gasteiger partial charge in [0.05, 0.1) is 40.2 Å². The van der Waals surface area contributed by atoms with E-state index in [1.54, 1.807) is 42.6 Å². The number of amides is 1. The first kappa shape index (κ1) is 34.0. The first-order valence-corrected chi connectivity index (χ1v) is 15.9. The van der Waals surface area contributed by atoms with Crippen molar-refractivity contribution < 1.29 is 18.3 Å². The van der Waals surface area contributed by atoms with Crippen molar-refractivity contribution in [2.45, 2.75) is 31.9 Å². The van der Waals surface area contributed by atoms with E-state index in [2.05, 4.69) is 30.9 Å². The first-order valence-electron chi connectivity index (χ1n) is 15.1. The number of alkyl halides is 2. The van der Waals surface area contributed by atoms with E-state index < -0.39 is 23.4 Å². The third-order valence-electron chi connectivity index (χ3n) is 8.29. The fourth-order valence-electron chi connectivity index (χ4n) is 5.72.